The highest BCUT2D eigenvalue weighted by Gasteiger charge is 2.07. The Balaban J connectivity index is 1.89. The summed E-state index contributed by atoms with van der Waals surface area (Å²) in [6.07, 6.45) is 3.61. The molecule has 1 aromatic carbocycles. The maximum absolute atomic E-state index is 11.7. The molecule has 2 aromatic rings. The predicted octanol–water partition coefficient (Wildman–Crippen LogP) is 0.452. The van der Waals surface area contributed by atoms with E-state index >= 15 is 0 Å². The lowest BCUT2D eigenvalue weighted by Crippen LogP contribution is -2.26. The van der Waals surface area contributed by atoms with Gasteiger partial charge < -0.3 is 9.88 Å². The molecule has 0 aliphatic rings. The second kappa shape index (κ2) is 5.89. The van der Waals surface area contributed by atoms with E-state index < -0.39 is 10.0 Å². The molecule has 0 bridgehead atoms. The quantitative estimate of drug-likeness (QED) is 0.838. The average molecular weight is 293 g/mol. The number of rotatable bonds is 5. The maximum atomic E-state index is 11.7. The Kier molecular flexibility index (Phi) is 4.21. The lowest BCUT2D eigenvalue weighted by atomic mass is 10.2. The minimum Gasteiger partial charge on any atom is -0.350 e. The minimum atomic E-state index is -3.68. The number of nitrogens with zero attached hydrogens (tertiary/aromatic N) is 1. The Hall–Kier alpha value is -2.12. The zero-order valence-corrected chi connectivity index (χ0v) is 11.5. The fraction of sp³-hybridized carbons (Fsp3) is 0.154. The fourth-order valence-electron chi connectivity index (χ4n) is 1.69. The van der Waals surface area contributed by atoms with E-state index in [-0.39, 0.29) is 17.3 Å². The van der Waals surface area contributed by atoms with Crippen molar-refractivity contribution in [3.05, 3.63) is 54.4 Å². The summed E-state index contributed by atoms with van der Waals surface area (Å²) in [6.45, 7) is 0.591. The monoisotopic (exact) mass is 293 g/mol. The van der Waals surface area contributed by atoms with E-state index in [2.05, 4.69) is 5.32 Å². The zero-order valence-electron chi connectivity index (χ0n) is 10.7. The Morgan fingerprint density at radius 2 is 1.75 bits per heavy atom. The summed E-state index contributed by atoms with van der Waals surface area (Å²) in [4.78, 5) is 11.7. The Labute approximate surface area is 117 Å². The van der Waals surface area contributed by atoms with Crippen molar-refractivity contribution in [1.29, 1.82) is 0 Å². The van der Waals surface area contributed by atoms with Crippen LogP contribution in [0.1, 0.15) is 5.56 Å². The number of primary sulfonamides is 1. The summed E-state index contributed by atoms with van der Waals surface area (Å²) in [5.41, 5.74) is 0.804. The van der Waals surface area contributed by atoms with Crippen molar-refractivity contribution in [3.63, 3.8) is 0 Å². The third kappa shape index (κ3) is 3.94. The first-order valence-electron chi connectivity index (χ1n) is 5.94. The molecule has 0 saturated carbocycles. The van der Waals surface area contributed by atoms with Gasteiger partial charge in [-0.3, -0.25) is 4.79 Å². The van der Waals surface area contributed by atoms with Gasteiger partial charge in [0, 0.05) is 18.9 Å². The van der Waals surface area contributed by atoms with E-state index in [9.17, 15) is 13.2 Å². The zero-order chi connectivity index (χ0) is 14.6. The van der Waals surface area contributed by atoms with E-state index in [1.807, 2.05) is 12.1 Å². The molecule has 1 aromatic heterocycles. The van der Waals surface area contributed by atoms with Crippen LogP contribution in [0.15, 0.2) is 53.7 Å². The minimum absolute atomic E-state index is 0.0555. The third-order valence-corrected chi connectivity index (χ3v) is 3.66. The highest BCUT2D eigenvalue weighted by atomic mass is 32.2. The normalized spacial score (nSPS) is 11.2. The molecule has 0 spiro atoms. The first-order chi connectivity index (χ1) is 9.45. The number of carbonyl (C=O) groups is 1. The fourth-order valence-corrected chi connectivity index (χ4v) is 2.21. The van der Waals surface area contributed by atoms with Crippen LogP contribution in [0, 0.1) is 0 Å². The van der Waals surface area contributed by atoms with Crippen LogP contribution in [0.3, 0.4) is 0 Å². The first-order valence-corrected chi connectivity index (χ1v) is 7.49. The third-order valence-electron chi connectivity index (χ3n) is 2.73. The number of hydrogen-bond donors (Lipinski definition) is 2. The van der Waals surface area contributed by atoms with Crippen LogP contribution in [0.2, 0.25) is 0 Å². The number of benzene rings is 1. The topological polar surface area (TPSA) is 94.2 Å². The summed E-state index contributed by atoms with van der Waals surface area (Å²) in [5.74, 6) is -0.114. The molecule has 0 aliphatic heterocycles. The second-order valence-electron chi connectivity index (χ2n) is 4.32. The Bertz CT molecular complexity index is 676. The van der Waals surface area contributed by atoms with Crippen molar-refractivity contribution in [2.24, 2.45) is 5.14 Å². The van der Waals surface area contributed by atoms with Gasteiger partial charge in [0.2, 0.25) is 15.9 Å². The van der Waals surface area contributed by atoms with Crippen LogP contribution in [-0.4, -0.2) is 18.9 Å². The van der Waals surface area contributed by atoms with Crippen molar-refractivity contribution in [2.45, 2.75) is 18.0 Å². The lowest BCUT2D eigenvalue weighted by molar-refractivity contribution is -0.121. The van der Waals surface area contributed by atoms with Gasteiger partial charge in [-0.1, -0.05) is 12.1 Å². The van der Waals surface area contributed by atoms with Gasteiger partial charge in [-0.15, -0.1) is 0 Å². The molecule has 0 radical (unpaired) electrons. The summed E-state index contributed by atoms with van der Waals surface area (Å²) < 4.78 is 23.9. The van der Waals surface area contributed by atoms with Crippen LogP contribution in [0.25, 0.3) is 0 Å². The van der Waals surface area contributed by atoms with E-state index in [4.69, 9.17) is 5.14 Å². The van der Waals surface area contributed by atoms with Crippen molar-refractivity contribution < 1.29 is 13.2 Å². The number of aromatic nitrogens is 1. The van der Waals surface area contributed by atoms with Crippen molar-refractivity contribution in [3.8, 4) is 0 Å². The van der Waals surface area contributed by atoms with Crippen LogP contribution in [0.5, 0.6) is 0 Å². The van der Waals surface area contributed by atoms with Gasteiger partial charge in [-0.25, -0.2) is 13.6 Å². The number of hydrogen-bond acceptors (Lipinski definition) is 3. The van der Waals surface area contributed by atoms with Gasteiger partial charge in [0.05, 0.1) is 4.90 Å². The van der Waals surface area contributed by atoms with Crippen LogP contribution < -0.4 is 10.5 Å². The Morgan fingerprint density at radius 3 is 2.30 bits per heavy atom. The molecule has 3 N–H and O–H groups in total. The first kappa shape index (κ1) is 14.3. The summed E-state index contributed by atoms with van der Waals surface area (Å²) >= 11 is 0. The molecule has 106 valence electrons. The molecule has 2 rings (SSSR count). The van der Waals surface area contributed by atoms with Crippen LogP contribution in [-0.2, 0) is 27.9 Å². The van der Waals surface area contributed by atoms with Gasteiger partial charge >= 0.3 is 0 Å². The van der Waals surface area contributed by atoms with Crippen LogP contribution >= 0.6 is 0 Å². The average Bonchev–Trinajstić information content (AvgIpc) is 2.88. The molecule has 0 fully saturated rings. The SMILES string of the molecule is NS(=O)(=O)c1ccc(CNC(=O)Cn2cccc2)cc1. The molecule has 0 atom stereocenters. The van der Waals surface area contributed by atoms with E-state index in [1.54, 1.807) is 29.1 Å². The molecule has 6 nitrogen and oxygen atoms in total. The molecule has 0 aliphatic carbocycles. The number of sulfonamides is 1. The van der Waals surface area contributed by atoms with Crippen molar-refractivity contribution in [1.82, 2.24) is 9.88 Å². The standard InChI is InChI=1S/C13H15N3O3S/c14-20(18,19)12-5-3-11(4-6-12)9-15-13(17)10-16-7-1-2-8-16/h1-8H,9-10H2,(H,15,17)(H2,14,18,19). The number of nitrogens with one attached hydrogen (secondary N) is 1. The molecular weight excluding hydrogens is 278 g/mol. The predicted molar refractivity (Wildman–Crippen MR) is 74.1 cm³/mol. The molecule has 20 heavy (non-hydrogen) atoms. The van der Waals surface area contributed by atoms with Gasteiger partial charge in [0.1, 0.15) is 6.54 Å². The molecule has 0 unspecified atom stereocenters. The van der Waals surface area contributed by atoms with Crippen molar-refractivity contribution >= 4 is 15.9 Å². The second-order valence-corrected chi connectivity index (χ2v) is 5.88. The van der Waals surface area contributed by atoms with Gasteiger partial charge in [0.15, 0.2) is 0 Å². The van der Waals surface area contributed by atoms with Gasteiger partial charge in [-0.2, -0.15) is 0 Å². The summed E-state index contributed by atoms with van der Waals surface area (Å²) in [6, 6.07) is 9.77. The molecule has 1 heterocycles. The van der Waals surface area contributed by atoms with Crippen molar-refractivity contribution in [2.75, 3.05) is 0 Å². The number of nitrogens with two attached hydrogens (primary N) is 1. The Morgan fingerprint density at radius 1 is 1.15 bits per heavy atom. The highest BCUT2D eigenvalue weighted by molar-refractivity contribution is 7.89. The number of amides is 1. The summed E-state index contributed by atoms with van der Waals surface area (Å²) in [5, 5.41) is 7.76. The number of carbonyl (C=O) groups excluding carboxylic acids is 1. The van der Waals surface area contributed by atoms with Gasteiger partial charge in [-0.05, 0) is 29.8 Å². The molecular formula is C13H15N3O3S. The lowest BCUT2D eigenvalue weighted by Gasteiger charge is -2.07. The van der Waals surface area contributed by atoms with Crippen LogP contribution in [0.4, 0.5) is 0 Å². The molecule has 7 heteroatoms. The highest BCUT2D eigenvalue weighted by Crippen LogP contribution is 2.08. The smallest absolute Gasteiger partial charge is 0.240 e. The molecule has 0 saturated heterocycles. The summed E-state index contributed by atoms with van der Waals surface area (Å²) in [7, 11) is -3.68. The molecule has 1 amide bonds. The van der Waals surface area contributed by atoms with E-state index in [0.717, 1.165) is 5.56 Å². The largest absolute Gasteiger partial charge is 0.350 e. The van der Waals surface area contributed by atoms with Gasteiger partial charge in [0.25, 0.3) is 0 Å². The maximum Gasteiger partial charge on any atom is 0.240 e. The van der Waals surface area contributed by atoms with E-state index in [0.29, 0.717) is 6.54 Å². The van der Waals surface area contributed by atoms with E-state index in [1.165, 1.54) is 12.1 Å².